The van der Waals surface area contributed by atoms with Crippen LogP contribution in [0.4, 0.5) is 5.82 Å². The SMILES string of the molecule is CCNc1nc(CC(C)C)nc(CC)c1C. The molecule has 1 aromatic heterocycles. The maximum atomic E-state index is 4.62. The number of hydrogen-bond acceptors (Lipinski definition) is 3. The molecule has 0 spiro atoms. The molecule has 3 heteroatoms. The zero-order valence-electron chi connectivity index (χ0n) is 11.1. The molecule has 90 valence electrons. The van der Waals surface area contributed by atoms with E-state index in [0.717, 1.165) is 31.0 Å². The Hall–Kier alpha value is -1.12. The Labute approximate surface area is 98.7 Å². The van der Waals surface area contributed by atoms with Crippen LogP contribution < -0.4 is 5.32 Å². The number of aromatic nitrogens is 2. The van der Waals surface area contributed by atoms with E-state index < -0.39 is 0 Å². The van der Waals surface area contributed by atoms with Crippen molar-refractivity contribution in [2.24, 2.45) is 5.92 Å². The highest BCUT2D eigenvalue weighted by atomic mass is 15.0. The van der Waals surface area contributed by atoms with Gasteiger partial charge in [-0.25, -0.2) is 9.97 Å². The van der Waals surface area contributed by atoms with E-state index in [-0.39, 0.29) is 0 Å². The lowest BCUT2D eigenvalue weighted by Gasteiger charge is -2.13. The second-order valence-electron chi connectivity index (χ2n) is 4.54. The van der Waals surface area contributed by atoms with Gasteiger partial charge in [-0.05, 0) is 26.2 Å². The topological polar surface area (TPSA) is 37.8 Å². The lowest BCUT2D eigenvalue weighted by Crippen LogP contribution is -2.10. The van der Waals surface area contributed by atoms with Crippen LogP contribution >= 0.6 is 0 Å². The van der Waals surface area contributed by atoms with Gasteiger partial charge in [-0.2, -0.15) is 0 Å². The number of hydrogen-bond donors (Lipinski definition) is 1. The van der Waals surface area contributed by atoms with Crippen LogP contribution in [0.3, 0.4) is 0 Å². The van der Waals surface area contributed by atoms with E-state index in [0.29, 0.717) is 5.92 Å². The summed E-state index contributed by atoms with van der Waals surface area (Å²) in [6.07, 6.45) is 1.92. The van der Waals surface area contributed by atoms with Gasteiger partial charge in [0.25, 0.3) is 0 Å². The summed E-state index contributed by atoms with van der Waals surface area (Å²) in [6, 6.07) is 0. The van der Waals surface area contributed by atoms with Crippen molar-refractivity contribution >= 4 is 5.82 Å². The van der Waals surface area contributed by atoms with Gasteiger partial charge in [-0.15, -0.1) is 0 Å². The number of nitrogens with zero attached hydrogens (tertiary/aromatic N) is 2. The highest BCUT2D eigenvalue weighted by molar-refractivity contribution is 5.45. The molecule has 0 aliphatic heterocycles. The van der Waals surface area contributed by atoms with Crippen molar-refractivity contribution in [1.29, 1.82) is 0 Å². The molecule has 0 aliphatic carbocycles. The lowest BCUT2D eigenvalue weighted by atomic mass is 10.1. The third kappa shape index (κ3) is 3.19. The second kappa shape index (κ2) is 5.83. The van der Waals surface area contributed by atoms with Crippen LogP contribution in [0.5, 0.6) is 0 Å². The summed E-state index contributed by atoms with van der Waals surface area (Å²) in [6.45, 7) is 11.6. The Balaban J connectivity index is 3.07. The Morgan fingerprint density at radius 3 is 2.38 bits per heavy atom. The summed E-state index contributed by atoms with van der Waals surface area (Å²) in [4.78, 5) is 9.21. The predicted octanol–water partition coefficient (Wildman–Crippen LogP) is 2.98. The minimum absolute atomic E-state index is 0.599. The van der Waals surface area contributed by atoms with Gasteiger partial charge in [0.15, 0.2) is 0 Å². The minimum atomic E-state index is 0.599. The summed E-state index contributed by atoms with van der Waals surface area (Å²) in [5.74, 6) is 2.57. The van der Waals surface area contributed by atoms with E-state index in [4.69, 9.17) is 0 Å². The lowest BCUT2D eigenvalue weighted by molar-refractivity contribution is 0.617. The third-order valence-corrected chi connectivity index (χ3v) is 2.56. The maximum Gasteiger partial charge on any atom is 0.132 e. The average molecular weight is 221 g/mol. The molecule has 0 aromatic carbocycles. The van der Waals surface area contributed by atoms with Crippen LogP contribution in [0.15, 0.2) is 0 Å². The van der Waals surface area contributed by atoms with E-state index in [2.05, 4.69) is 49.9 Å². The largest absolute Gasteiger partial charge is 0.370 e. The number of rotatable bonds is 5. The molecule has 0 aliphatic rings. The molecule has 1 heterocycles. The molecule has 0 fully saturated rings. The first-order valence-corrected chi connectivity index (χ1v) is 6.18. The zero-order chi connectivity index (χ0) is 12.1. The fraction of sp³-hybridized carbons (Fsp3) is 0.692. The molecule has 1 N–H and O–H groups in total. The van der Waals surface area contributed by atoms with Gasteiger partial charge in [0, 0.05) is 24.2 Å². The zero-order valence-corrected chi connectivity index (χ0v) is 11.1. The Morgan fingerprint density at radius 1 is 1.19 bits per heavy atom. The molecule has 0 saturated carbocycles. The standard InChI is InChI=1S/C13H23N3/c1-6-11-10(5)13(14-7-2)16-12(15-11)8-9(3)4/h9H,6-8H2,1-5H3,(H,14,15,16). The van der Waals surface area contributed by atoms with Crippen LogP contribution in [0.25, 0.3) is 0 Å². The molecule has 16 heavy (non-hydrogen) atoms. The van der Waals surface area contributed by atoms with E-state index in [1.54, 1.807) is 0 Å². The van der Waals surface area contributed by atoms with Gasteiger partial charge in [-0.1, -0.05) is 20.8 Å². The Kier molecular flexibility index (Phi) is 4.71. The first-order chi connectivity index (χ1) is 7.58. The smallest absolute Gasteiger partial charge is 0.132 e. The first kappa shape index (κ1) is 12.9. The number of anilines is 1. The molecule has 1 rings (SSSR count). The fourth-order valence-corrected chi connectivity index (χ4v) is 1.75. The summed E-state index contributed by atoms with van der Waals surface area (Å²) < 4.78 is 0. The quantitative estimate of drug-likeness (QED) is 0.830. The molecular weight excluding hydrogens is 198 g/mol. The molecular formula is C13H23N3. The van der Waals surface area contributed by atoms with Gasteiger partial charge in [0.1, 0.15) is 11.6 Å². The predicted molar refractivity (Wildman–Crippen MR) is 68.9 cm³/mol. The molecule has 0 bridgehead atoms. The molecule has 1 aromatic rings. The van der Waals surface area contributed by atoms with Crippen molar-refractivity contribution in [3.05, 3.63) is 17.1 Å². The highest BCUT2D eigenvalue weighted by Crippen LogP contribution is 2.17. The highest BCUT2D eigenvalue weighted by Gasteiger charge is 2.09. The van der Waals surface area contributed by atoms with Gasteiger partial charge in [0.2, 0.25) is 0 Å². The monoisotopic (exact) mass is 221 g/mol. The number of nitrogens with one attached hydrogen (secondary N) is 1. The third-order valence-electron chi connectivity index (χ3n) is 2.56. The van der Waals surface area contributed by atoms with Gasteiger partial charge < -0.3 is 5.32 Å². The molecule has 0 atom stereocenters. The van der Waals surface area contributed by atoms with Crippen LogP contribution in [-0.4, -0.2) is 16.5 Å². The van der Waals surface area contributed by atoms with E-state index in [1.165, 1.54) is 11.3 Å². The minimum Gasteiger partial charge on any atom is -0.370 e. The van der Waals surface area contributed by atoms with Gasteiger partial charge >= 0.3 is 0 Å². The van der Waals surface area contributed by atoms with Crippen molar-refractivity contribution < 1.29 is 0 Å². The molecule has 3 nitrogen and oxygen atoms in total. The fourth-order valence-electron chi connectivity index (χ4n) is 1.75. The van der Waals surface area contributed by atoms with E-state index in [1.807, 2.05) is 0 Å². The van der Waals surface area contributed by atoms with Gasteiger partial charge in [0.05, 0.1) is 0 Å². The number of aryl methyl sites for hydroxylation is 1. The van der Waals surface area contributed by atoms with Crippen molar-refractivity contribution in [2.75, 3.05) is 11.9 Å². The summed E-state index contributed by atoms with van der Waals surface area (Å²) in [5.41, 5.74) is 2.36. The summed E-state index contributed by atoms with van der Waals surface area (Å²) >= 11 is 0. The normalized spacial score (nSPS) is 10.9. The Bertz CT molecular complexity index is 345. The van der Waals surface area contributed by atoms with Crippen molar-refractivity contribution in [1.82, 2.24) is 9.97 Å². The molecule has 0 saturated heterocycles. The summed E-state index contributed by atoms with van der Waals surface area (Å²) in [5, 5.41) is 3.31. The Morgan fingerprint density at radius 2 is 1.88 bits per heavy atom. The average Bonchev–Trinajstić information content (AvgIpc) is 2.22. The van der Waals surface area contributed by atoms with Crippen LogP contribution in [0.2, 0.25) is 0 Å². The maximum absolute atomic E-state index is 4.62. The van der Waals surface area contributed by atoms with Gasteiger partial charge in [-0.3, -0.25) is 0 Å². The van der Waals surface area contributed by atoms with Crippen LogP contribution in [0.1, 0.15) is 44.8 Å². The summed E-state index contributed by atoms with van der Waals surface area (Å²) in [7, 11) is 0. The first-order valence-electron chi connectivity index (χ1n) is 6.18. The second-order valence-corrected chi connectivity index (χ2v) is 4.54. The van der Waals surface area contributed by atoms with E-state index in [9.17, 15) is 0 Å². The van der Waals surface area contributed by atoms with Crippen molar-refractivity contribution in [2.45, 2.75) is 47.5 Å². The molecule has 0 amide bonds. The van der Waals surface area contributed by atoms with Crippen LogP contribution in [0, 0.1) is 12.8 Å². The molecule has 0 radical (unpaired) electrons. The van der Waals surface area contributed by atoms with Crippen molar-refractivity contribution in [3.8, 4) is 0 Å². The molecule has 0 unspecified atom stereocenters. The van der Waals surface area contributed by atoms with Crippen molar-refractivity contribution in [3.63, 3.8) is 0 Å². The van der Waals surface area contributed by atoms with E-state index >= 15 is 0 Å². The van der Waals surface area contributed by atoms with Crippen LogP contribution in [-0.2, 0) is 12.8 Å².